The molecule has 26 heavy (non-hydrogen) atoms. The Morgan fingerprint density at radius 3 is 2.42 bits per heavy atom. The molecule has 3 rings (SSSR count). The monoisotopic (exact) mass is 348 g/mol. The molecule has 1 heterocycles. The summed E-state index contributed by atoms with van der Waals surface area (Å²) in [6, 6.07) is 11.7. The minimum atomic E-state index is -0.334. The number of nitrogen functional groups attached to an aromatic ring is 1. The van der Waals surface area contributed by atoms with Crippen molar-refractivity contribution in [3.63, 3.8) is 0 Å². The zero-order chi connectivity index (χ0) is 18.8. The fraction of sp³-hybridized carbons (Fsp3) is 0.136. The van der Waals surface area contributed by atoms with Gasteiger partial charge in [0.2, 0.25) is 0 Å². The van der Waals surface area contributed by atoms with Crippen molar-refractivity contribution in [3.05, 3.63) is 76.4 Å². The van der Waals surface area contributed by atoms with Crippen LogP contribution >= 0.6 is 0 Å². The first-order valence-electron chi connectivity index (χ1n) is 8.39. The number of rotatable bonds is 4. The number of H-pyrrole nitrogens is 1. The lowest BCUT2D eigenvalue weighted by atomic mass is 9.92. The molecule has 0 aliphatic carbocycles. The molecule has 0 aliphatic rings. The zero-order valence-corrected chi connectivity index (χ0v) is 15.1. The van der Waals surface area contributed by atoms with E-state index in [1.807, 2.05) is 26.8 Å². The molecule has 0 amide bonds. The van der Waals surface area contributed by atoms with Crippen LogP contribution in [0, 0.1) is 26.6 Å². The van der Waals surface area contributed by atoms with E-state index in [0.29, 0.717) is 22.4 Å². The topological polar surface area (TPSA) is 58.9 Å². The summed E-state index contributed by atoms with van der Waals surface area (Å²) >= 11 is 0. The second-order valence-electron chi connectivity index (χ2n) is 6.41. The Bertz CT molecular complexity index is 1010. The number of aldehydes is 1. The molecule has 0 atom stereocenters. The second kappa shape index (κ2) is 7.00. The summed E-state index contributed by atoms with van der Waals surface area (Å²) in [4.78, 5) is 15.2. The van der Waals surface area contributed by atoms with E-state index in [9.17, 15) is 9.18 Å². The van der Waals surface area contributed by atoms with Gasteiger partial charge in [-0.2, -0.15) is 0 Å². The van der Waals surface area contributed by atoms with Crippen LogP contribution in [0.4, 0.5) is 10.1 Å². The summed E-state index contributed by atoms with van der Waals surface area (Å²) in [5, 5.41) is 0. The number of hydrogen-bond donors (Lipinski definition) is 2. The molecule has 0 bridgehead atoms. The van der Waals surface area contributed by atoms with Crippen LogP contribution in [0.25, 0.3) is 22.8 Å². The lowest BCUT2D eigenvalue weighted by Gasteiger charge is -2.13. The van der Waals surface area contributed by atoms with Gasteiger partial charge >= 0.3 is 0 Å². The van der Waals surface area contributed by atoms with E-state index in [0.717, 1.165) is 34.4 Å². The Morgan fingerprint density at radius 1 is 1.08 bits per heavy atom. The normalized spacial score (nSPS) is 11.6. The maximum atomic E-state index is 13.7. The maximum Gasteiger partial charge on any atom is 0.150 e. The molecule has 0 fully saturated rings. The molecular weight excluding hydrogens is 327 g/mol. The van der Waals surface area contributed by atoms with E-state index >= 15 is 0 Å². The van der Waals surface area contributed by atoms with E-state index in [4.69, 9.17) is 5.73 Å². The number of aromatic amines is 1. The number of carbonyl (C=O) groups is 1. The molecule has 3 aromatic rings. The van der Waals surface area contributed by atoms with Gasteiger partial charge in [0.1, 0.15) is 5.82 Å². The van der Waals surface area contributed by atoms with Crippen molar-refractivity contribution in [1.82, 2.24) is 4.98 Å². The predicted octanol–water partition coefficient (Wildman–Crippen LogP) is 5.07. The second-order valence-corrected chi connectivity index (χ2v) is 6.41. The molecule has 0 saturated heterocycles. The summed E-state index contributed by atoms with van der Waals surface area (Å²) in [5.41, 5.74) is 13.3. The minimum absolute atomic E-state index is 0.334. The fourth-order valence-electron chi connectivity index (χ4n) is 3.13. The van der Waals surface area contributed by atoms with Crippen molar-refractivity contribution >= 4 is 23.6 Å². The Balaban J connectivity index is 2.22. The number of nitrogens with two attached hydrogens (primary N) is 1. The van der Waals surface area contributed by atoms with Crippen LogP contribution < -0.4 is 5.73 Å². The number of aryl methyl sites for hydroxylation is 1. The van der Waals surface area contributed by atoms with Gasteiger partial charge in [-0.1, -0.05) is 24.3 Å². The van der Waals surface area contributed by atoms with Gasteiger partial charge in [-0.25, -0.2) is 4.39 Å². The third-order valence-corrected chi connectivity index (χ3v) is 4.80. The van der Waals surface area contributed by atoms with E-state index < -0.39 is 0 Å². The Kier molecular flexibility index (Phi) is 4.76. The van der Waals surface area contributed by atoms with E-state index in [1.54, 1.807) is 30.3 Å². The van der Waals surface area contributed by atoms with Gasteiger partial charge in [-0.3, -0.25) is 4.79 Å². The first-order valence-corrected chi connectivity index (χ1v) is 8.39. The lowest BCUT2D eigenvalue weighted by molar-refractivity contribution is -0.103. The highest BCUT2D eigenvalue weighted by molar-refractivity contribution is 6.17. The maximum absolute atomic E-state index is 13.7. The van der Waals surface area contributed by atoms with Gasteiger partial charge < -0.3 is 10.7 Å². The number of hydrogen-bond acceptors (Lipinski definition) is 2. The predicted molar refractivity (Wildman–Crippen MR) is 105 cm³/mol. The molecule has 0 spiro atoms. The van der Waals surface area contributed by atoms with Crippen LogP contribution in [0.5, 0.6) is 0 Å². The summed E-state index contributed by atoms with van der Waals surface area (Å²) in [7, 11) is 0. The Morgan fingerprint density at radius 2 is 1.81 bits per heavy atom. The highest BCUT2D eigenvalue weighted by Gasteiger charge is 2.15. The van der Waals surface area contributed by atoms with Crippen LogP contribution in [-0.4, -0.2) is 11.3 Å². The highest BCUT2D eigenvalue weighted by Crippen LogP contribution is 2.34. The molecule has 0 unspecified atom stereocenters. The number of nitrogens with one attached hydrogen (secondary N) is 1. The van der Waals surface area contributed by atoms with Crippen molar-refractivity contribution in [2.45, 2.75) is 20.8 Å². The van der Waals surface area contributed by atoms with E-state index in [2.05, 4.69) is 4.98 Å². The molecule has 132 valence electrons. The van der Waals surface area contributed by atoms with E-state index in [1.165, 1.54) is 12.1 Å². The standard InChI is InChI=1S/C22H21FN2O/c1-13-14(2)21(25-15(13)3)11-17(12-26)22-19(8-5-9-20(22)24)16-6-4-7-18(23)10-16/h4-12,25H,24H2,1-3H3/b17-11+. The lowest BCUT2D eigenvalue weighted by Crippen LogP contribution is -1.99. The first kappa shape index (κ1) is 17.7. The average molecular weight is 348 g/mol. The Hall–Kier alpha value is -3.14. The van der Waals surface area contributed by atoms with Crippen molar-refractivity contribution in [2.24, 2.45) is 0 Å². The third-order valence-electron chi connectivity index (χ3n) is 4.80. The number of halogens is 1. The Labute approximate surface area is 152 Å². The molecule has 2 aromatic carbocycles. The minimum Gasteiger partial charge on any atom is -0.398 e. The van der Waals surface area contributed by atoms with Gasteiger partial charge in [0.15, 0.2) is 6.29 Å². The van der Waals surface area contributed by atoms with Crippen molar-refractivity contribution in [1.29, 1.82) is 0 Å². The molecule has 3 N–H and O–H groups in total. The largest absolute Gasteiger partial charge is 0.398 e. The molecule has 0 radical (unpaired) electrons. The van der Waals surface area contributed by atoms with Crippen molar-refractivity contribution < 1.29 is 9.18 Å². The molecule has 1 aromatic heterocycles. The highest BCUT2D eigenvalue weighted by atomic mass is 19.1. The van der Waals surface area contributed by atoms with Crippen LogP contribution in [0.15, 0.2) is 42.5 Å². The summed E-state index contributed by atoms with van der Waals surface area (Å²) in [6.07, 6.45) is 2.59. The SMILES string of the molecule is Cc1[nH]c(/C=C(\C=O)c2c(N)cccc2-c2cccc(F)c2)c(C)c1C. The zero-order valence-electron chi connectivity index (χ0n) is 15.1. The summed E-state index contributed by atoms with van der Waals surface area (Å²) in [5.74, 6) is -0.334. The number of anilines is 1. The van der Waals surface area contributed by atoms with Crippen LogP contribution in [0.1, 0.15) is 28.1 Å². The van der Waals surface area contributed by atoms with Crippen LogP contribution in [-0.2, 0) is 4.79 Å². The van der Waals surface area contributed by atoms with Gasteiger partial charge in [0, 0.05) is 28.2 Å². The number of carbonyl (C=O) groups excluding carboxylic acids is 1. The van der Waals surface area contributed by atoms with Crippen molar-refractivity contribution in [2.75, 3.05) is 5.73 Å². The molecule has 0 aliphatic heterocycles. The first-order chi connectivity index (χ1) is 12.4. The van der Waals surface area contributed by atoms with Gasteiger partial charge in [-0.05, 0) is 67.3 Å². The summed E-state index contributed by atoms with van der Waals surface area (Å²) < 4.78 is 13.7. The molecule has 3 nitrogen and oxygen atoms in total. The van der Waals surface area contributed by atoms with E-state index in [-0.39, 0.29) is 5.82 Å². The molecule has 4 heteroatoms. The number of benzene rings is 2. The smallest absolute Gasteiger partial charge is 0.150 e. The van der Waals surface area contributed by atoms with Crippen LogP contribution in [0.2, 0.25) is 0 Å². The molecule has 0 saturated carbocycles. The quantitative estimate of drug-likeness (QED) is 0.393. The fourth-order valence-corrected chi connectivity index (χ4v) is 3.13. The number of allylic oxidation sites excluding steroid dienone is 1. The van der Waals surface area contributed by atoms with Crippen molar-refractivity contribution in [3.8, 4) is 11.1 Å². The van der Waals surface area contributed by atoms with Gasteiger partial charge in [0.25, 0.3) is 0 Å². The van der Waals surface area contributed by atoms with Gasteiger partial charge in [0.05, 0.1) is 0 Å². The molecular formula is C22H21FN2O. The van der Waals surface area contributed by atoms with Gasteiger partial charge in [-0.15, -0.1) is 0 Å². The van der Waals surface area contributed by atoms with Crippen LogP contribution in [0.3, 0.4) is 0 Å². The average Bonchev–Trinajstić information content (AvgIpc) is 2.86. The summed E-state index contributed by atoms with van der Waals surface area (Å²) in [6.45, 7) is 6.04. The number of aromatic nitrogens is 1. The third kappa shape index (κ3) is 3.18.